The van der Waals surface area contributed by atoms with Crippen LogP contribution in [0.2, 0.25) is 0 Å². The van der Waals surface area contributed by atoms with Gasteiger partial charge in [0.2, 0.25) is 0 Å². The molecule has 4 nitrogen and oxygen atoms in total. The fourth-order valence-electron chi connectivity index (χ4n) is 6.13. The summed E-state index contributed by atoms with van der Waals surface area (Å²) in [6, 6.07) is 6.04. The Balaban J connectivity index is 1.15. The molecule has 0 bridgehead atoms. The number of hydrogen-bond donors (Lipinski definition) is 2. The van der Waals surface area contributed by atoms with E-state index in [-0.39, 0.29) is 6.29 Å². The van der Waals surface area contributed by atoms with Crippen LogP contribution in [-0.4, -0.2) is 19.5 Å². The third kappa shape index (κ3) is 7.23. The van der Waals surface area contributed by atoms with E-state index in [1.165, 1.54) is 69.8 Å². The quantitative estimate of drug-likeness (QED) is 0.347. The first-order valence-corrected chi connectivity index (χ1v) is 13.5. The molecule has 4 heteroatoms. The summed E-state index contributed by atoms with van der Waals surface area (Å²) in [7, 11) is 0. The highest BCUT2D eigenvalue weighted by atomic mass is 16.7. The topological polar surface area (TPSA) is 70.5 Å². The summed E-state index contributed by atoms with van der Waals surface area (Å²) >= 11 is 0. The zero-order valence-corrected chi connectivity index (χ0v) is 20.9. The lowest BCUT2D eigenvalue weighted by atomic mass is 9.78. The molecule has 1 aliphatic heterocycles. The number of nitrogens with two attached hydrogens (primary N) is 2. The minimum atomic E-state index is 0.0295. The molecule has 0 unspecified atom stereocenters. The van der Waals surface area contributed by atoms with E-state index in [9.17, 15) is 0 Å². The molecule has 1 aromatic rings. The van der Waals surface area contributed by atoms with E-state index < -0.39 is 0 Å². The minimum Gasteiger partial charge on any atom is -0.399 e. The van der Waals surface area contributed by atoms with Gasteiger partial charge >= 0.3 is 0 Å². The van der Waals surface area contributed by atoms with Gasteiger partial charge in [-0.05, 0) is 98.8 Å². The van der Waals surface area contributed by atoms with E-state index in [0.717, 1.165) is 36.4 Å². The van der Waals surface area contributed by atoms with E-state index >= 15 is 0 Å². The normalized spacial score (nSPS) is 33.5. The second kappa shape index (κ2) is 11.8. The predicted molar refractivity (Wildman–Crippen MR) is 138 cm³/mol. The smallest absolute Gasteiger partial charge is 0.160 e. The largest absolute Gasteiger partial charge is 0.399 e. The molecule has 2 saturated carbocycles. The van der Waals surface area contributed by atoms with Crippen molar-refractivity contribution in [3.8, 4) is 0 Å². The highest BCUT2D eigenvalue weighted by Gasteiger charge is 2.32. The molecular weight excluding hydrogens is 408 g/mol. The third-order valence-electron chi connectivity index (χ3n) is 8.28. The molecule has 184 valence electrons. The maximum absolute atomic E-state index is 6.20. The molecule has 1 heterocycles. The van der Waals surface area contributed by atoms with Crippen LogP contribution in [0.25, 0.3) is 0 Å². The first-order valence-electron chi connectivity index (χ1n) is 13.5. The molecule has 2 aliphatic carbocycles. The highest BCUT2D eigenvalue weighted by Crippen LogP contribution is 2.39. The van der Waals surface area contributed by atoms with Crippen molar-refractivity contribution in [2.45, 2.75) is 90.3 Å². The van der Waals surface area contributed by atoms with Gasteiger partial charge in [0.05, 0.1) is 13.2 Å². The summed E-state index contributed by atoms with van der Waals surface area (Å²) in [5, 5.41) is 0. The third-order valence-corrected chi connectivity index (χ3v) is 8.28. The molecule has 0 spiro atoms. The SMILES string of the molecule is CC(C)CCC1CCC(C2OCC(/C=C/C3CCC(c4cc(N)cc(N)c4)CC3)CO2)CC1. The summed E-state index contributed by atoms with van der Waals surface area (Å²) in [5.74, 6) is 4.00. The zero-order valence-electron chi connectivity index (χ0n) is 20.9. The van der Waals surface area contributed by atoms with E-state index in [0.29, 0.717) is 23.7 Å². The highest BCUT2D eigenvalue weighted by molar-refractivity contribution is 5.55. The molecule has 1 aromatic carbocycles. The van der Waals surface area contributed by atoms with Gasteiger partial charge in [-0.1, -0.05) is 38.8 Å². The molecule has 0 amide bonds. The molecule has 3 aliphatic rings. The summed E-state index contributed by atoms with van der Waals surface area (Å²) in [6.07, 6.45) is 17.7. The van der Waals surface area contributed by atoms with Gasteiger partial charge in [0, 0.05) is 23.2 Å². The summed E-state index contributed by atoms with van der Waals surface area (Å²) in [4.78, 5) is 0. The Morgan fingerprint density at radius 1 is 0.818 bits per heavy atom. The van der Waals surface area contributed by atoms with Crippen LogP contribution in [0.4, 0.5) is 11.4 Å². The van der Waals surface area contributed by atoms with Gasteiger partial charge in [-0.3, -0.25) is 0 Å². The van der Waals surface area contributed by atoms with Crippen LogP contribution in [0.5, 0.6) is 0 Å². The average molecular weight is 455 g/mol. The Labute approximate surface area is 201 Å². The number of benzene rings is 1. The van der Waals surface area contributed by atoms with Crippen molar-refractivity contribution in [1.82, 2.24) is 0 Å². The minimum absolute atomic E-state index is 0.0295. The van der Waals surface area contributed by atoms with Crippen LogP contribution in [0.1, 0.15) is 89.5 Å². The fraction of sp³-hybridized carbons (Fsp3) is 0.724. The monoisotopic (exact) mass is 454 g/mol. The van der Waals surface area contributed by atoms with Crippen LogP contribution in [0, 0.1) is 29.6 Å². The second-order valence-electron chi connectivity index (χ2n) is 11.5. The van der Waals surface area contributed by atoms with Gasteiger partial charge in [-0.25, -0.2) is 0 Å². The zero-order chi connectivity index (χ0) is 23.2. The van der Waals surface area contributed by atoms with Crippen molar-refractivity contribution in [3.63, 3.8) is 0 Å². The van der Waals surface area contributed by atoms with Crippen molar-refractivity contribution in [2.24, 2.45) is 29.6 Å². The number of hydrogen-bond acceptors (Lipinski definition) is 4. The van der Waals surface area contributed by atoms with Crippen molar-refractivity contribution >= 4 is 11.4 Å². The first-order chi connectivity index (χ1) is 16.0. The Morgan fingerprint density at radius 3 is 2.03 bits per heavy atom. The molecule has 3 fully saturated rings. The number of allylic oxidation sites excluding steroid dienone is 1. The molecule has 0 aromatic heterocycles. The number of ether oxygens (including phenoxy) is 2. The summed E-state index contributed by atoms with van der Waals surface area (Å²) in [5.41, 5.74) is 14.9. The van der Waals surface area contributed by atoms with E-state index in [4.69, 9.17) is 20.9 Å². The van der Waals surface area contributed by atoms with Crippen LogP contribution < -0.4 is 11.5 Å². The van der Waals surface area contributed by atoms with Crippen molar-refractivity contribution in [3.05, 3.63) is 35.9 Å². The molecule has 4 rings (SSSR count). The van der Waals surface area contributed by atoms with Crippen LogP contribution in [0.3, 0.4) is 0 Å². The van der Waals surface area contributed by atoms with Crippen molar-refractivity contribution in [2.75, 3.05) is 24.7 Å². The van der Waals surface area contributed by atoms with Gasteiger partial charge < -0.3 is 20.9 Å². The summed E-state index contributed by atoms with van der Waals surface area (Å²) < 4.78 is 12.4. The number of rotatable bonds is 7. The molecule has 0 radical (unpaired) electrons. The first kappa shape index (κ1) is 24.6. The lowest BCUT2D eigenvalue weighted by Crippen LogP contribution is -2.38. The van der Waals surface area contributed by atoms with Crippen molar-refractivity contribution < 1.29 is 9.47 Å². The van der Waals surface area contributed by atoms with Gasteiger partial charge in [0.15, 0.2) is 6.29 Å². The van der Waals surface area contributed by atoms with Gasteiger partial charge in [0.1, 0.15) is 0 Å². The Kier molecular flexibility index (Phi) is 8.76. The van der Waals surface area contributed by atoms with Gasteiger partial charge in [0.25, 0.3) is 0 Å². The Morgan fingerprint density at radius 2 is 1.42 bits per heavy atom. The number of nitrogen functional groups attached to an aromatic ring is 2. The van der Waals surface area contributed by atoms with Gasteiger partial charge in [-0.15, -0.1) is 0 Å². The van der Waals surface area contributed by atoms with E-state index in [1.807, 2.05) is 6.07 Å². The fourth-order valence-corrected chi connectivity index (χ4v) is 6.13. The average Bonchev–Trinajstić information content (AvgIpc) is 2.82. The van der Waals surface area contributed by atoms with Crippen LogP contribution in [-0.2, 0) is 9.47 Å². The molecule has 0 atom stereocenters. The summed E-state index contributed by atoms with van der Waals surface area (Å²) in [6.45, 7) is 6.30. The standard InChI is InChI=1S/C29H46N2O2/c1-20(2)3-4-21-9-13-25(14-10-21)29-32-18-23(19-33-29)6-5-22-7-11-24(12-8-22)26-15-27(30)17-28(31)16-26/h5-6,15-17,20-25,29H,3-4,7-14,18-19,30-31H2,1-2H3/b6-5+. The van der Waals surface area contributed by atoms with Crippen molar-refractivity contribution in [1.29, 1.82) is 0 Å². The molecular formula is C29H46N2O2. The number of anilines is 2. The van der Waals surface area contributed by atoms with E-state index in [1.54, 1.807) is 0 Å². The lowest BCUT2D eigenvalue weighted by Gasteiger charge is -2.37. The Hall–Kier alpha value is -1.52. The molecule has 4 N–H and O–H groups in total. The van der Waals surface area contributed by atoms with Crippen LogP contribution >= 0.6 is 0 Å². The second-order valence-corrected chi connectivity index (χ2v) is 11.5. The lowest BCUT2D eigenvalue weighted by molar-refractivity contribution is -0.223. The maximum Gasteiger partial charge on any atom is 0.160 e. The van der Waals surface area contributed by atoms with Gasteiger partial charge in [-0.2, -0.15) is 0 Å². The predicted octanol–water partition coefficient (Wildman–Crippen LogP) is 6.91. The maximum atomic E-state index is 6.20. The van der Waals surface area contributed by atoms with Crippen LogP contribution in [0.15, 0.2) is 30.4 Å². The van der Waals surface area contributed by atoms with E-state index in [2.05, 4.69) is 38.1 Å². The molecule has 33 heavy (non-hydrogen) atoms. The Bertz CT molecular complexity index is 733. The molecule has 1 saturated heterocycles.